The number of fused-ring (bicyclic) bond motifs is 1. The Kier molecular flexibility index (Phi) is 3.69. The Hall–Kier alpha value is -2.44. The molecule has 0 radical (unpaired) electrons. The first-order chi connectivity index (χ1) is 9.43. The van der Waals surface area contributed by atoms with Gasteiger partial charge in [0, 0.05) is 0 Å². The first-order valence-corrected chi connectivity index (χ1v) is 5.77. The maximum atomic E-state index is 11.1. The van der Waals surface area contributed by atoms with E-state index in [0.717, 1.165) is 0 Å². The number of carboxylic acids is 2. The number of carbonyl (C=O) groups is 2. The lowest BCUT2D eigenvalue weighted by molar-refractivity contribution is -0.153. The standard InChI is InChI=1S/C14H12O6/c15-11(12(16)14(19)20)9-5-1-4-8-7(9)3-2-6-10(8)13(17)18/h1-6,11-12,15-16H,(H,17,18)(H,19,20). The predicted molar refractivity (Wildman–Crippen MR) is 69.5 cm³/mol. The number of benzene rings is 2. The third kappa shape index (κ3) is 2.34. The fourth-order valence-corrected chi connectivity index (χ4v) is 2.08. The van der Waals surface area contributed by atoms with Gasteiger partial charge in [-0.3, -0.25) is 0 Å². The molecule has 0 bridgehead atoms. The zero-order valence-electron chi connectivity index (χ0n) is 10.2. The zero-order valence-corrected chi connectivity index (χ0v) is 10.2. The number of aliphatic hydroxyl groups is 2. The molecule has 0 saturated heterocycles. The van der Waals surface area contributed by atoms with Crippen LogP contribution in [0, 0.1) is 0 Å². The fraction of sp³-hybridized carbons (Fsp3) is 0.143. The molecule has 2 aromatic rings. The van der Waals surface area contributed by atoms with Crippen LogP contribution in [0.25, 0.3) is 10.8 Å². The van der Waals surface area contributed by atoms with Gasteiger partial charge in [-0.05, 0) is 22.4 Å². The Balaban J connectivity index is 2.64. The molecule has 6 nitrogen and oxygen atoms in total. The minimum Gasteiger partial charge on any atom is -0.479 e. The van der Waals surface area contributed by atoms with Gasteiger partial charge in [-0.1, -0.05) is 30.3 Å². The molecule has 0 aliphatic heterocycles. The molecular formula is C14H12O6. The lowest BCUT2D eigenvalue weighted by Crippen LogP contribution is -2.27. The summed E-state index contributed by atoms with van der Waals surface area (Å²) in [5, 5.41) is 37.9. The summed E-state index contributed by atoms with van der Waals surface area (Å²) < 4.78 is 0. The Morgan fingerprint density at radius 2 is 1.50 bits per heavy atom. The van der Waals surface area contributed by atoms with Gasteiger partial charge in [0.25, 0.3) is 0 Å². The van der Waals surface area contributed by atoms with E-state index in [1.807, 2.05) is 0 Å². The second-order valence-corrected chi connectivity index (χ2v) is 4.28. The number of carboxylic acid groups (broad SMARTS) is 2. The SMILES string of the molecule is O=C(O)c1cccc2c(C(O)C(O)C(=O)O)cccc12. The molecule has 2 unspecified atom stereocenters. The van der Waals surface area contributed by atoms with E-state index in [1.54, 1.807) is 12.1 Å². The molecule has 2 rings (SSSR count). The highest BCUT2D eigenvalue weighted by molar-refractivity contribution is 6.04. The summed E-state index contributed by atoms with van der Waals surface area (Å²) in [4.78, 5) is 21.9. The van der Waals surface area contributed by atoms with Crippen LogP contribution in [0.5, 0.6) is 0 Å². The summed E-state index contributed by atoms with van der Waals surface area (Å²) in [7, 11) is 0. The summed E-state index contributed by atoms with van der Waals surface area (Å²) in [6.07, 6.45) is -3.62. The van der Waals surface area contributed by atoms with Crippen molar-refractivity contribution in [3.05, 3.63) is 47.5 Å². The summed E-state index contributed by atoms with van der Waals surface area (Å²) >= 11 is 0. The molecule has 0 spiro atoms. The molecule has 4 N–H and O–H groups in total. The van der Waals surface area contributed by atoms with Crippen molar-refractivity contribution < 1.29 is 30.0 Å². The molecule has 2 aromatic carbocycles. The molecule has 0 amide bonds. The Bertz CT molecular complexity index is 678. The van der Waals surface area contributed by atoms with Gasteiger partial charge in [-0.25, -0.2) is 9.59 Å². The zero-order chi connectivity index (χ0) is 14.9. The Labute approximate surface area is 113 Å². The molecule has 6 heteroatoms. The highest BCUT2D eigenvalue weighted by atomic mass is 16.4. The van der Waals surface area contributed by atoms with Crippen LogP contribution in [0.1, 0.15) is 22.0 Å². The Morgan fingerprint density at radius 3 is 2.10 bits per heavy atom. The minimum atomic E-state index is -1.98. The number of aromatic carboxylic acids is 1. The van der Waals surface area contributed by atoms with Gasteiger partial charge in [0.15, 0.2) is 6.10 Å². The van der Waals surface area contributed by atoms with Gasteiger partial charge >= 0.3 is 11.9 Å². The van der Waals surface area contributed by atoms with Gasteiger partial charge in [-0.15, -0.1) is 0 Å². The Morgan fingerprint density at radius 1 is 0.900 bits per heavy atom. The smallest absolute Gasteiger partial charge is 0.336 e. The lowest BCUT2D eigenvalue weighted by atomic mass is 9.95. The van der Waals surface area contributed by atoms with E-state index < -0.39 is 24.1 Å². The van der Waals surface area contributed by atoms with Crippen LogP contribution in [0.2, 0.25) is 0 Å². The summed E-state index contributed by atoms with van der Waals surface area (Å²) in [6.45, 7) is 0. The number of rotatable bonds is 4. The van der Waals surface area contributed by atoms with Crippen molar-refractivity contribution in [1.29, 1.82) is 0 Å². The van der Waals surface area contributed by atoms with Crippen LogP contribution >= 0.6 is 0 Å². The van der Waals surface area contributed by atoms with Gasteiger partial charge in [-0.2, -0.15) is 0 Å². The van der Waals surface area contributed by atoms with E-state index in [1.165, 1.54) is 24.3 Å². The molecular weight excluding hydrogens is 264 g/mol. The molecule has 0 fully saturated rings. The number of hydrogen-bond acceptors (Lipinski definition) is 4. The molecule has 104 valence electrons. The molecule has 20 heavy (non-hydrogen) atoms. The molecule has 0 aliphatic carbocycles. The fourth-order valence-electron chi connectivity index (χ4n) is 2.08. The van der Waals surface area contributed by atoms with Crippen LogP contribution in [-0.4, -0.2) is 38.5 Å². The maximum Gasteiger partial charge on any atom is 0.336 e. The van der Waals surface area contributed by atoms with E-state index >= 15 is 0 Å². The normalized spacial score (nSPS) is 13.9. The van der Waals surface area contributed by atoms with Gasteiger partial charge in [0.05, 0.1) is 5.56 Å². The summed E-state index contributed by atoms with van der Waals surface area (Å²) in [5.41, 5.74) is 0.210. The van der Waals surface area contributed by atoms with E-state index in [4.69, 9.17) is 10.2 Å². The summed E-state index contributed by atoms with van der Waals surface area (Å²) in [6, 6.07) is 8.98. The average molecular weight is 276 g/mol. The van der Waals surface area contributed by atoms with Crippen molar-refractivity contribution in [3.63, 3.8) is 0 Å². The van der Waals surface area contributed by atoms with E-state index in [-0.39, 0.29) is 11.1 Å². The van der Waals surface area contributed by atoms with E-state index in [2.05, 4.69) is 0 Å². The molecule has 2 atom stereocenters. The van der Waals surface area contributed by atoms with Crippen molar-refractivity contribution in [2.45, 2.75) is 12.2 Å². The van der Waals surface area contributed by atoms with E-state index in [9.17, 15) is 19.8 Å². The van der Waals surface area contributed by atoms with Gasteiger partial charge in [0.1, 0.15) is 6.10 Å². The van der Waals surface area contributed by atoms with Crippen LogP contribution in [-0.2, 0) is 4.79 Å². The molecule has 0 heterocycles. The van der Waals surface area contributed by atoms with Crippen LogP contribution in [0.3, 0.4) is 0 Å². The minimum absolute atomic E-state index is 0.0429. The maximum absolute atomic E-state index is 11.1. The largest absolute Gasteiger partial charge is 0.479 e. The van der Waals surface area contributed by atoms with Crippen LogP contribution in [0.15, 0.2) is 36.4 Å². The van der Waals surface area contributed by atoms with Crippen molar-refractivity contribution in [3.8, 4) is 0 Å². The van der Waals surface area contributed by atoms with Gasteiger partial charge in [0.2, 0.25) is 0 Å². The monoisotopic (exact) mass is 276 g/mol. The molecule has 0 saturated carbocycles. The van der Waals surface area contributed by atoms with Crippen molar-refractivity contribution in [2.75, 3.05) is 0 Å². The number of hydrogen-bond donors (Lipinski definition) is 4. The van der Waals surface area contributed by atoms with Crippen LogP contribution < -0.4 is 0 Å². The number of aliphatic carboxylic acids is 1. The van der Waals surface area contributed by atoms with Crippen molar-refractivity contribution in [2.24, 2.45) is 0 Å². The van der Waals surface area contributed by atoms with Gasteiger partial charge < -0.3 is 20.4 Å². The predicted octanol–water partition coefficient (Wildman–Crippen LogP) is 1.02. The summed E-state index contributed by atoms with van der Waals surface area (Å²) in [5.74, 6) is -2.68. The quantitative estimate of drug-likeness (QED) is 0.662. The third-order valence-corrected chi connectivity index (χ3v) is 3.06. The lowest BCUT2D eigenvalue weighted by Gasteiger charge is -2.17. The van der Waals surface area contributed by atoms with Crippen LogP contribution in [0.4, 0.5) is 0 Å². The first kappa shape index (κ1) is 14.0. The average Bonchev–Trinajstić information content (AvgIpc) is 2.44. The van der Waals surface area contributed by atoms with E-state index in [0.29, 0.717) is 10.8 Å². The second kappa shape index (κ2) is 5.28. The molecule has 0 aromatic heterocycles. The first-order valence-electron chi connectivity index (χ1n) is 5.77. The third-order valence-electron chi connectivity index (χ3n) is 3.06. The second-order valence-electron chi connectivity index (χ2n) is 4.28. The highest BCUT2D eigenvalue weighted by Gasteiger charge is 2.26. The highest BCUT2D eigenvalue weighted by Crippen LogP contribution is 2.28. The molecule has 0 aliphatic rings. The topological polar surface area (TPSA) is 115 Å². The van der Waals surface area contributed by atoms with Crippen molar-refractivity contribution in [1.82, 2.24) is 0 Å². The number of aliphatic hydroxyl groups excluding tert-OH is 2. The van der Waals surface area contributed by atoms with Crippen molar-refractivity contribution >= 4 is 22.7 Å².